The summed E-state index contributed by atoms with van der Waals surface area (Å²) in [7, 11) is 3.70. The molecule has 27 heavy (non-hydrogen) atoms. The molecule has 0 spiro atoms. The van der Waals surface area contributed by atoms with E-state index >= 15 is 0 Å². The number of anilines is 1. The number of aromatic nitrogens is 2. The highest BCUT2D eigenvalue weighted by Crippen LogP contribution is 2.52. The van der Waals surface area contributed by atoms with Crippen molar-refractivity contribution >= 4 is 29.9 Å². The number of hydrogen-bond donors (Lipinski definition) is 3. The van der Waals surface area contributed by atoms with Gasteiger partial charge in [0.25, 0.3) is 0 Å². The number of guanidine groups is 1. The van der Waals surface area contributed by atoms with Gasteiger partial charge in [-0.3, -0.25) is 0 Å². The zero-order valence-electron chi connectivity index (χ0n) is 15.6. The summed E-state index contributed by atoms with van der Waals surface area (Å²) in [6.45, 7) is 3.73. The zero-order valence-corrected chi connectivity index (χ0v) is 16.4. The minimum atomic E-state index is -1.09. The summed E-state index contributed by atoms with van der Waals surface area (Å²) < 4.78 is 14.0. The van der Waals surface area contributed by atoms with Crippen LogP contribution >= 0.6 is 11.8 Å². The third kappa shape index (κ3) is 3.34. The van der Waals surface area contributed by atoms with Gasteiger partial charge in [0, 0.05) is 14.1 Å². The average Bonchev–Trinajstić information content (AvgIpc) is 3.23. The lowest BCUT2D eigenvalue weighted by atomic mass is 10.1. The number of nitrogens with one attached hydrogen (secondary N) is 1. The van der Waals surface area contributed by atoms with E-state index in [4.69, 9.17) is 9.47 Å². The molecule has 4 heterocycles. The van der Waals surface area contributed by atoms with Crippen molar-refractivity contribution in [2.45, 2.75) is 48.7 Å². The Morgan fingerprint density at radius 1 is 1.41 bits per heavy atom. The Labute approximate surface area is 161 Å². The average molecular weight is 396 g/mol. The van der Waals surface area contributed by atoms with Crippen LogP contribution in [0.3, 0.4) is 0 Å². The first kappa shape index (κ1) is 18.7. The number of aliphatic hydroxyl groups excluding tert-OH is 2. The molecule has 3 aliphatic heterocycles. The molecular weight excluding hydrogens is 372 g/mol. The highest BCUT2D eigenvalue weighted by molar-refractivity contribution is 8.00. The van der Waals surface area contributed by atoms with Gasteiger partial charge in [0.15, 0.2) is 12.0 Å². The van der Waals surface area contributed by atoms with Gasteiger partial charge in [0.1, 0.15) is 29.1 Å². The maximum Gasteiger partial charge on any atom is 0.228 e. The van der Waals surface area contributed by atoms with Crippen LogP contribution in [-0.2, 0) is 9.47 Å². The second kappa shape index (κ2) is 6.74. The van der Waals surface area contributed by atoms with Gasteiger partial charge in [-0.2, -0.15) is 0 Å². The van der Waals surface area contributed by atoms with Crippen molar-refractivity contribution in [3.63, 3.8) is 0 Å². The molecule has 2 fully saturated rings. The first-order chi connectivity index (χ1) is 12.8. The third-order valence-corrected chi connectivity index (χ3v) is 6.07. The van der Waals surface area contributed by atoms with Crippen molar-refractivity contribution in [3.8, 4) is 0 Å². The first-order valence-electron chi connectivity index (χ1n) is 8.71. The minimum absolute atomic E-state index is 0.00541. The summed E-state index contributed by atoms with van der Waals surface area (Å²) in [6.07, 6.45) is 1.70. The van der Waals surface area contributed by atoms with Gasteiger partial charge in [-0.05, 0) is 13.8 Å². The predicted octanol–water partition coefficient (Wildman–Crippen LogP) is 0.372. The molecule has 0 radical (unpaired) electrons. The molecule has 4 rings (SSSR count). The Kier molecular flexibility index (Phi) is 4.67. The van der Waals surface area contributed by atoms with E-state index in [1.54, 1.807) is 29.3 Å². The SMILES string of the molecule is CN(C)C=NC1=NC(O)c2ncn([C@@H]3S[C@H](CO)[C@H]4OC(C)(C)O[C@H]43)c2N1. The van der Waals surface area contributed by atoms with E-state index in [1.165, 1.54) is 0 Å². The molecule has 0 bridgehead atoms. The van der Waals surface area contributed by atoms with Crippen LogP contribution in [-0.4, -0.2) is 80.9 Å². The Bertz CT molecular complexity index is 779. The van der Waals surface area contributed by atoms with E-state index in [0.717, 1.165) is 0 Å². The van der Waals surface area contributed by atoms with Crippen LogP contribution in [0.2, 0.25) is 0 Å². The van der Waals surface area contributed by atoms with E-state index < -0.39 is 12.0 Å². The lowest BCUT2D eigenvalue weighted by Crippen LogP contribution is -2.31. The van der Waals surface area contributed by atoms with Gasteiger partial charge >= 0.3 is 0 Å². The second-order valence-electron chi connectivity index (χ2n) is 7.36. The molecule has 0 aromatic carbocycles. The van der Waals surface area contributed by atoms with Crippen molar-refractivity contribution in [3.05, 3.63) is 12.0 Å². The number of imidazole rings is 1. The second-order valence-corrected chi connectivity index (χ2v) is 8.72. The van der Waals surface area contributed by atoms with Gasteiger partial charge in [-0.15, -0.1) is 11.8 Å². The maximum absolute atomic E-state index is 10.3. The fourth-order valence-electron chi connectivity index (χ4n) is 3.47. The predicted molar refractivity (Wildman–Crippen MR) is 102 cm³/mol. The molecule has 11 heteroatoms. The molecule has 1 aromatic heterocycles. The summed E-state index contributed by atoms with van der Waals surface area (Å²) in [4.78, 5) is 14.4. The third-order valence-electron chi connectivity index (χ3n) is 4.53. The Hall–Kier alpha value is -1.66. The lowest BCUT2D eigenvalue weighted by molar-refractivity contribution is -0.149. The van der Waals surface area contributed by atoms with Gasteiger partial charge in [-0.25, -0.2) is 15.0 Å². The largest absolute Gasteiger partial charge is 0.395 e. The maximum atomic E-state index is 10.3. The minimum Gasteiger partial charge on any atom is -0.395 e. The van der Waals surface area contributed by atoms with Gasteiger partial charge in [-0.1, -0.05) is 0 Å². The zero-order chi connectivity index (χ0) is 19.3. The molecule has 0 amide bonds. The van der Waals surface area contributed by atoms with Crippen LogP contribution in [0.15, 0.2) is 16.3 Å². The standard InChI is InChI=1S/C16H24N6O4S/c1-16(2)25-10-8(5-23)27-14(11(10)26-16)22-7-17-9-12(22)19-15(20-13(9)24)18-6-21(3)4/h6-8,10-11,13-14,23-24H,5H2,1-4H3,(H,19,20)/t8-,10-,11-,13?,14-/m1/s1. The molecule has 3 N–H and O–H groups in total. The van der Waals surface area contributed by atoms with E-state index in [2.05, 4.69) is 20.3 Å². The molecule has 2 saturated heterocycles. The molecule has 10 nitrogen and oxygen atoms in total. The van der Waals surface area contributed by atoms with E-state index in [0.29, 0.717) is 17.5 Å². The van der Waals surface area contributed by atoms with E-state index in [9.17, 15) is 10.2 Å². The molecule has 3 aliphatic rings. The monoisotopic (exact) mass is 396 g/mol. The molecule has 0 aliphatic carbocycles. The van der Waals surface area contributed by atoms with Crippen LogP contribution in [0.5, 0.6) is 0 Å². The number of aliphatic imine (C=N–C) groups is 2. The topological polar surface area (TPSA) is 117 Å². The molecule has 0 saturated carbocycles. The van der Waals surface area contributed by atoms with Gasteiger partial charge in [0.2, 0.25) is 5.96 Å². The van der Waals surface area contributed by atoms with Crippen molar-refractivity contribution in [2.75, 3.05) is 26.0 Å². The summed E-state index contributed by atoms with van der Waals surface area (Å²) in [5, 5.41) is 23.0. The Morgan fingerprint density at radius 2 is 2.15 bits per heavy atom. The van der Waals surface area contributed by atoms with Crippen LogP contribution in [0.4, 0.5) is 5.82 Å². The smallest absolute Gasteiger partial charge is 0.228 e. The van der Waals surface area contributed by atoms with Crippen LogP contribution in [0.1, 0.15) is 31.1 Å². The lowest BCUT2D eigenvalue weighted by Gasteiger charge is -2.25. The van der Waals surface area contributed by atoms with Crippen molar-refractivity contribution in [1.29, 1.82) is 0 Å². The molecule has 148 valence electrons. The van der Waals surface area contributed by atoms with Gasteiger partial charge in [0.05, 0.1) is 24.5 Å². The van der Waals surface area contributed by atoms with Crippen LogP contribution < -0.4 is 5.32 Å². The van der Waals surface area contributed by atoms with E-state index in [1.807, 2.05) is 32.5 Å². The van der Waals surface area contributed by atoms with E-state index in [-0.39, 0.29) is 29.4 Å². The van der Waals surface area contributed by atoms with Crippen molar-refractivity contribution in [2.24, 2.45) is 9.98 Å². The van der Waals surface area contributed by atoms with Crippen LogP contribution in [0.25, 0.3) is 0 Å². The molecular formula is C16H24N6O4S. The van der Waals surface area contributed by atoms with Crippen molar-refractivity contribution in [1.82, 2.24) is 14.5 Å². The fourth-order valence-corrected chi connectivity index (χ4v) is 4.93. The summed E-state index contributed by atoms with van der Waals surface area (Å²) in [6, 6.07) is 0. The Balaban J connectivity index is 1.64. The quantitative estimate of drug-likeness (QED) is 0.496. The van der Waals surface area contributed by atoms with Crippen molar-refractivity contribution < 1.29 is 19.7 Å². The first-order valence-corrected chi connectivity index (χ1v) is 9.65. The summed E-state index contributed by atoms with van der Waals surface area (Å²) in [5.41, 5.74) is 0.432. The highest BCUT2D eigenvalue weighted by Gasteiger charge is 2.55. The normalized spacial score (nSPS) is 34.3. The molecule has 1 unspecified atom stereocenters. The fraction of sp³-hybridized carbons (Fsp3) is 0.688. The molecule has 1 aromatic rings. The number of thioether (sulfide) groups is 1. The number of nitrogens with zero attached hydrogens (tertiary/aromatic N) is 5. The number of ether oxygens (including phenoxy) is 2. The number of rotatable bonds is 3. The summed E-state index contributed by atoms with van der Waals surface area (Å²) >= 11 is 1.57. The number of aliphatic hydroxyl groups is 2. The summed E-state index contributed by atoms with van der Waals surface area (Å²) in [5.74, 6) is 0.206. The number of hydrogen-bond acceptors (Lipinski definition) is 9. The Morgan fingerprint density at radius 3 is 2.85 bits per heavy atom. The number of fused-ring (bicyclic) bond motifs is 2. The van der Waals surface area contributed by atoms with Crippen LogP contribution in [0, 0.1) is 0 Å². The highest BCUT2D eigenvalue weighted by atomic mass is 32.2. The molecule has 5 atom stereocenters. The van der Waals surface area contributed by atoms with Gasteiger partial charge < -0.3 is 34.5 Å².